The molecule has 0 bridgehead atoms. The maximum absolute atomic E-state index is 13.8. The number of aromatic nitrogens is 3. The van der Waals surface area contributed by atoms with E-state index in [9.17, 15) is 14.4 Å². The van der Waals surface area contributed by atoms with Gasteiger partial charge < -0.3 is 9.47 Å². The molecular formula is C34H38ClN3O5Si. The zero-order chi connectivity index (χ0) is 31.4. The van der Waals surface area contributed by atoms with Gasteiger partial charge in [0.05, 0.1) is 24.5 Å². The summed E-state index contributed by atoms with van der Waals surface area (Å²) < 4.78 is 13.0. The number of halogens is 1. The first-order valence-electron chi connectivity index (χ1n) is 15.0. The van der Waals surface area contributed by atoms with Crippen LogP contribution in [-0.4, -0.2) is 41.4 Å². The van der Waals surface area contributed by atoms with Crippen LogP contribution in [0.1, 0.15) is 34.3 Å². The molecule has 1 aromatic heterocycles. The van der Waals surface area contributed by atoms with E-state index in [0.717, 1.165) is 17.2 Å². The third kappa shape index (κ3) is 7.63. The van der Waals surface area contributed by atoms with Crippen LogP contribution < -0.4 is 10.3 Å². The molecule has 0 N–H and O–H groups in total. The van der Waals surface area contributed by atoms with Crippen molar-refractivity contribution in [2.24, 2.45) is 17.8 Å². The number of benzene rings is 3. The minimum Gasteiger partial charge on any atom is -0.489 e. The van der Waals surface area contributed by atoms with Crippen molar-refractivity contribution in [1.82, 2.24) is 15.0 Å². The smallest absolute Gasteiger partial charge is 0.310 e. The molecule has 1 heterocycles. The lowest BCUT2D eigenvalue weighted by Crippen LogP contribution is -2.36. The normalized spacial score (nSPS) is 18.3. The van der Waals surface area contributed by atoms with E-state index in [-0.39, 0.29) is 29.8 Å². The van der Waals surface area contributed by atoms with Crippen molar-refractivity contribution in [2.75, 3.05) is 6.61 Å². The van der Waals surface area contributed by atoms with Crippen LogP contribution in [0.2, 0.25) is 30.7 Å². The summed E-state index contributed by atoms with van der Waals surface area (Å²) in [4.78, 5) is 40.8. The fourth-order valence-electron chi connectivity index (χ4n) is 5.75. The maximum Gasteiger partial charge on any atom is 0.310 e. The van der Waals surface area contributed by atoms with Crippen LogP contribution in [0.3, 0.4) is 0 Å². The number of carbonyl (C=O) groups excluding carboxylic acids is 2. The Kier molecular flexibility index (Phi) is 9.65. The lowest BCUT2D eigenvalue weighted by Gasteiger charge is -2.24. The second-order valence-electron chi connectivity index (χ2n) is 12.9. The highest BCUT2D eigenvalue weighted by Gasteiger charge is 2.46. The first-order valence-corrected chi connectivity index (χ1v) is 19.1. The van der Waals surface area contributed by atoms with E-state index in [1.165, 1.54) is 4.68 Å². The number of rotatable bonds is 11. The first kappa shape index (κ1) is 31.6. The molecule has 3 atom stereocenters. The van der Waals surface area contributed by atoms with Crippen molar-refractivity contribution in [1.29, 1.82) is 0 Å². The molecule has 1 aliphatic carbocycles. The molecule has 1 saturated carbocycles. The highest BCUT2D eigenvalue weighted by Crippen LogP contribution is 2.41. The molecule has 8 nitrogen and oxygen atoms in total. The average molecular weight is 632 g/mol. The lowest BCUT2D eigenvalue weighted by atomic mass is 9.84. The summed E-state index contributed by atoms with van der Waals surface area (Å²) in [5, 5.41) is 9.53. The second-order valence-corrected chi connectivity index (χ2v) is 18.9. The summed E-state index contributed by atoms with van der Waals surface area (Å²) in [5.41, 5.74) is 2.66. The zero-order valence-electron chi connectivity index (χ0n) is 25.6. The minimum atomic E-state index is -1.43. The Labute approximate surface area is 263 Å². The standard InChI is InChI=1S/C34H38ClN3O5Si/c1-22-8-15-30-29(18-22)33(40)38(37-36-30)20-25-11-14-28(31(25)34(41)42-16-17-44(2,3)4)32(39)24-9-12-27(13-10-24)43-21-23-6-5-7-26(35)19-23/h5-10,12-13,15,18-19,25,28,31H,11,14,16-17,20-21H2,1-4H3. The van der Waals surface area contributed by atoms with E-state index in [2.05, 4.69) is 30.0 Å². The number of hydrogen-bond donors (Lipinski definition) is 0. The molecule has 10 heteroatoms. The summed E-state index contributed by atoms with van der Waals surface area (Å²) in [5.74, 6) is -1.43. The van der Waals surface area contributed by atoms with Gasteiger partial charge in [-0.3, -0.25) is 14.4 Å². The molecule has 0 aliphatic heterocycles. The number of aryl methyl sites for hydroxylation is 1. The SMILES string of the molecule is Cc1ccc2nnn(CC3CCC(C(=O)c4ccc(OCc5cccc(Cl)c5)cc4)C3C(=O)OCC[Si](C)(C)C)c(=O)c2c1. The maximum atomic E-state index is 13.8. The molecule has 0 saturated heterocycles. The molecule has 0 spiro atoms. The molecule has 230 valence electrons. The third-order valence-electron chi connectivity index (χ3n) is 8.21. The van der Waals surface area contributed by atoms with Crippen molar-refractivity contribution in [2.45, 2.75) is 58.6 Å². The van der Waals surface area contributed by atoms with E-state index in [0.29, 0.717) is 53.3 Å². The largest absolute Gasteiger partial charge is 0.489 e. The molecule has 1 aliphatic rings. The van der Waals surface area contributed by atoms with E-state index in [1.807, 2.05) is 37.3 Å². The molecule has 0 amide bonds. The van der Waals surface area contributed by atoms with E-state index >= 15 is 0 Å². The van der Waals surface area contributed by atoms with Crippen molar-refractivity contribution < 1.29 is 19.1 Å². The number of carbonyl (C=O) groups is 2. The Balaban J connectivity index is 1.34. The number of ketones is 1. The fourth-order valence-corrected chi connectivity index (χ4v) is 6.67. The van der Waals surface area contributed by atoms with Crippen molar-refractivity contribution in [3.05, 3.63) is 98.8 Å². The van der Waals surface area contributed by atoms with Gasteiger partial charge in [-0.1, -0.05) is 60.2 Å². The predicted molar refractivity (Wildman–Crippen MR) is 174 cm³/mol. The van der Waals surface area contributed by atoms with Gasteiger partial charge in [-0.05, 0) is 85.8 Å². The highest BCUT2D eigenvalue weighted by molar-refractivity contribution is 6.76. The van der Waals surface area contributed by atoms with Crippen LogP contribution in [0, 0.1) is 24.7 Å². The number of esters is 1. The topological polar surface area (TPSA) is 100 Å². The van der Waals surface area contributed by atoms with Gasteiger partial charge in [0.2, 0.25) is 0 Å². The van der Waals surface area contributed by atoms with Crippen LogP contribution in [0.15, 0.2) is 71.5 Å². The zero-order valence-corrected chi connectivity index (χ0v) is 27.3. The number of nitrogens with zero attached hydrogens (tertiary/aromatic N) is 3. The van der Waals surface area contributed by atoms with E-state index in [1.54, 1.807) is 36.4 Å². The van der Waals surface area contributed by atoms with Gasteiger partial charge >= 0.3 is 5.97 Å². The summed E-state index contributed by atoms with van der Waals surface area (Å²) in [6, 6.07) is 20.7. The molecule has 4 aromatic rings. The summed E-state index contributed by atoms with van der Waals surface area (Å²) in [7, 11) is -1.43. The minimum absolute atomic E-state index is 0.117. The second kappa shape index (κ2) is 13.4. The summed E-state index contributed by atoms with van der Waals surface area (Å²) in [6.07, 6.45) is 1.10. The van der Waals surface area contributed by atoms with Crippen LogP contribution in [0.25, 0.3) is 10.9 Å². The van der Waals surface area contributed by atoms with Crippen LogP contribution in [0.4, 0.5) is 0 Å². The number of hydrogen-bond acceptors (Lipinski definition) is 7. The van der Waals surface area contributed by atoms with Gasteiger partial charge in [0.25, 0.3) is 5.56 Å². The highest BCUT2D eigenvalue weighted by atomic mass is 35.5. The lowest BCUT2D eigenvalue weighted by molar-refractivity contribution is -0.150. The van der Waals surface area contributed by atoms with Gasteiger partial charge in [-0.15, -0.1) is 5.10 Å². The van der Waals surface area contributed by atoms with Gasteiger partial charge in [0.15, 0.2) is 5.78 Å². The summed E-state index contributed by atoms with van der Waals surface area (Å²) >= 11 is 6.07. The molecule has 0 radical (unpaired) electrons. The molecule has 3 aromatic carbocycles. The Morgan fingerprint density at radius 3 is 2.52 bits per heavy atom. The monoisotopic (exact) mass is 631 g/mol. The van der Waals surface area contributed by atoms with Crippen molar-refractivity contribution in [3.63, 3.8) is 0 Å². The van der Waals surface area contributed by atoms with Crippen molar-refractivity contribution >= 4 is 42.3 Å². The number of fused-ring (bicyclic) bond motifs is 1. The van der Waals surface area contributed by atoms with E-state index < -0.39 is 19.9 Å². The quantitative estimate of drug-likeness (QED) is 0.103. The van der Waals surface area contributed by atoms with Gasteiger partial charge in [0, 0.05) is 24.6 Å². The number of ether oxygens (including phenoxy) is 2. The predicted octanol–water partition coefficient (Wildman–Crippen LogP) is 6.74. The van der Waals surface area contributed by atoms with Gasteiger partial charge in [-0.25, -0.2) is 4.68 Å². The Morgan fingerprint density at radius 2 is 1.80 bits per heavy atom. The average Bonchev–Trinajstić information content (AvgIpc) is 3.40. The first-order chi connectivity index (χ1) is 21.0. The number of Topliss-reactive ketones (excluding diaryl/α,β-unsaturated/α-hetero) is 1. The molecule has 5 rings (SSSR count). The molecule has 3 unspecified atom stereocenters. The van der Waals surface area contributed by atoms with Crippen LogP contribution in [-0.2, 0) is 22.7 Å². The van der Waals surface area contributed by atoms with Crippen LogP contribution in [0.5, 0.6) is 5.75 Å². The Hall–Kier alpha value is -3.82. The fraction of sp³-hybridized carbons (Fsp3) is 0.382. The Bertz CT molecular complexity index is 1720. The Morgan fingerprint density at radius 1 is 1.02 bits per heavy atom. The molecule has 44 heavy (non-hydrogen) atoms. The van der Waals surface area contributed by atoms with Gasteiger partial charge in [0.1, 0.15) is 17.9 Å². The molecular weight excluding hydrogens is 594 g/mol. The third-order valence-corrected chi connectivity index (χ3v) is 10.2. The van der Waals surface area contributed by atoms with E-state index in [4.69, 9.17) is 21.1 Å². The van der Waals surface area contributed by atoms with Gasteiger partial charge in [-0.2, -0.15) is 0 Å². The van der Waals surface area contributed by atoms with Crippen molar-refractivity contribution in [3.8, 4) is 5.75 Å². The summed E-state index contributed by atoms with van der Waals surface area (Å²) in [6.45, 7) is 9.44. The van der Waals surface area contributed by atoms with Crippen LogP contribution >= 0.6 is 11.6 Å². The molecule has 1 fully saturated rings.